The molecule has 4 nitrogen and oxygen atoms in total. The highest BCUT2D eigenvalue weighted by Gasteiger charge is 2.22. The number of hydrogen-bond acceptors (Lipinski definition) is 3. The number of para-hydroxylation sites is 1. The molecule has 124 valence electrons. The second-order valence-corrected chi connectivity index (χ2v) is 7.18. The van der Waals surface area contributed by atoms with Crippen LogP contribution >= 0.6 is 11.3 Å². The van der Waals surface area contributed by atoms with Gasteiger partial charge in [-0.3, -0.25) is 4.79 Å². The number of aromatic nitrogens is 2. The van der Waals surface area contributed by atoms with Crippen molar-refractivity contribution < 1.29 is 4.79 Å². The van der Waals surface area contributed by atoms with Gasteiger partial charge in [0.1, 0.15) is 5.69 Å². The Hall–Kier alpha value is -2.40. The maximum absolute atomic E-state index is 12.9. The zero-order chi connectivity index (χ0) is 17.1. The standard InChI is InChI=1S/C19H21N3OS/c1-14(2)12-21(3)19(23)16-13-22(15-8-5-4-6-9-15)20-18(16)17-10-7-11-24-17/h4-11,13-14H,12H2,1-3H3. The molecular weight excluding hydrogens is 318 g/mol. The molecule has 0 saturated carbocycles. The first-order chi connectivity index (χ1) is 11.6. The molecule has 0 spiro atoms. The largest absolute Gasteiger partial charge is 0.341 e. The smallest absolute Gasteiger partial charge is 0.257 e. The molecule has 0 saturated heterocycles. The molecule has 0 N–H and O–H groups in total. The lowest BCUT2D eigenvalue weighted by atomic mass is 10.1. The summed E-state index contributed by atoms with van der Waals surface area (Å²) in [6.45, 7) is 4.94. The van der Waals surface area contributed by atoms with Gasteiger partial charge < -0.3 is 4.90 Å². The maximum Gasteiger partial charge on any atom is 0.257 e. The van der Waals surface area contributed by atoms with Gasteiger partial charge in [0.15, 0.2) is 0 Å². The summed E-state index contributed by atoms with van der Waals surface area (Å²) in [6.07, 6.45) is 1.84. The molecule has 0 fully saturated rings. The van der Waals surface area contributed by atoms with Crippen LogP contribution in [0.2, 0.25) is 0 Å². The van der Waals surface area contributed by atoms with Crippen LogP contribution in [0.25, 0.3) is 16.3 Å². The summed E-state index contributed by atoms with van der Waals surface area (Å²) in [5.74, 6) is 0.433. The van der Waals surface area contributed by atoms with Crippen molar-refractivity contribution in [3.63, 3.8) is 0 Å². The van der Waals surface area contributed by atoms with Crippen LogP contribution in [-0.4, -0.2) is 34.2 Å². The molecule has 0 aliphatic carbocycles. The molecule has 2 heterocycles. The van der Waals surface area contributed by atoms with Gasteiger partial charge in [-0.1, -0.05) is 38.1 Å². The van der Waals surface area contributed by atoms with Crippen LogP contribution in [0, 0.1) is 5.92 Å². The van der Waals surface area contributed by atoms with Gasteiger partial charge in [-0.2, -0.15) is 5.10 Å². The Balaban J connectivity index is 2.04. The zero-order valence-electron chi connectivity index (χ0n) is 14.1. The molecule has 2 aromatic heterocycles. The summed E-state index contributed by atoms with van der Waals surface area (Å²) in [6, 6.07) is 13.8. The Kier molecular flexibility index (Phi) is 4.81. The van der Waals surface area contributed by atoms with Crippen molar-refractivity contribution in [1.29, 1.82) is 0 Å². The molecule has 0 unspecified atom stereocenters. The highest BCUT2D eigenvalue weighted by Crippen LogP contribution is 2.28. The van der Waals surface area contributed by atoms with E-state index in [4.69, 9.17) is 0 Å². The van der Waals surface area contributed by atoms with Crippen molar-refractivity contribution in [3.05, 3.63) is 59.6 Å². The third kappa shape index (κ3) is 3.41. The number of amides is 1. The van der Waals surface area contributed by atoms with E-state index in [1.807, 2.05) is 61.1 Å². The number of rotatable bonds is 5. The van der Waals surface area contributed by atoms with Gasteiger partial charge in [0.25, 0.3) is 5.91 Å². The number of carbonyl (C=O) groups excluding carboxylic acids is 1. The van der Waals surface area contributed by atoms with Crippen LogP contribution in [0.15, 0.2) is 54.0 Å². The predicted octanol–water partition coefficient (Wildman–Crippen LogP) is 4.33. The Bertz CT molecular complexity index is 807. The van der Waals surface area contributed by atoms with Crippen LogP contribution in [0.4, 0.5) is 0 Å². The lowest BCUT2D eigenvalue weighted by molar-refractivity contribution is 0.0780. The fourth-order valence-electron chi connectivity index (χ4n) is 2.67. The van der Waals surface area contributed by atoms with E-state index in [1.54, 1.807) is 20.9 Å². The Labute approximate surface area is 146 Å². The van der Waals surface area contributed by atoms with E-state index in [9.17, 15) is 4.79 Å². The van der Waals surface area contributed by atoms with E-state index in [-0.39, 0.29) is 5.91 Å². The molecule has 0 bridgehead atoms. The average molecular weight is 339 g/mol. The van der Waals surface area contributed by atoms with Crippen molar-refractivity contribution in [2.24, 2.45) is 5.92 Å². The van der Waals surface area contributed by atoms with Gasteiger partial charge >= 0.3 is 0 Å². The molecule has 1 aromatic carbocycles. The Morgan fingerprint density at radius 1 is 1.21 bits per heavy atom. The highest BCUT2D eigenvalue weighted by atomic mass is 32.1. The maximum atomic E-state index is 12.9. The predicted molar refractivity (Wildman–Crippen MR) is 98.7 cm³/mol. The lowest BCUT2D eigenvalue weighted by Gasteiger charge is -2.19. The van der Waals surface area contributed by atoms with E-state index in [0.29, 0.717) is 11.5 Å². The first-order valence-electron chi connectivity index (χ1n) is 8.00. The lowest BCUT2D eigenvalue weighted by Crippen LogP contribution is -2.30. The number of hydrogen-bond donors (Lipinski definition) is 0. The van der Waals surface area contributed by atoms with E-state index in [0.717, 1.165) is 22.8 Å². The fourth-order valence-corrected chi connectivity index (χ4v) is 3.40. The number of carbonyl (C=O) groups is 1. The van der Waals surface area contributed by atoms with Crippen LogP contribution in [0.1, 0.15) is 24.2 Å². The minimum atomic E-state index is 0.00859. The van der Waals surface area contributed by atoms with Crippen LogP contribution in [0.3, 0.4) is 0 Å². The van der Waals surface area contributed by atoms with Gasteiger partial charge in [-0.05, 0) is 29.5 Å². The quantitative estimate of drug-likeness (QED) is 0.694. The normalized spacial score (nSPS) is 11.0. The summed E-state index contributed by atoms with van der Waals surface area (Å²) < 4.78 is 1.78. The molecule has 0 aliphatic rings. The Morgan fingerprint density at radius 2 is 1.96 bits per heavy atom. The van der Waals surface area contributed by atoms with Gasteiger partial charge in [-0.25, -0.2) is 4.68 Å². The molecule has 0 radical (unpaired) electrons. The molecule has 5 heteroatoms. The first kappa shape index (κ1) is 16.5. The molecule has 0 aliphatic heterocycles. The Morgan fingerprint density at radius 3 is 2.58 bits per heavy atom. The third-order valence-electron chi connectivity index (χ3n) is 3.71. The van der Waals surface area contributed by atoms with Crippen molar-refractivity contribution in [2.45, 2.75) is 13.8 Å². The van der Waals surface area contributed by atoms with Crippen molar-refractivity contribution in [3.8, 4) is 16.3 Å². The molecule has 3 aromatic rings. The van der Waals surface area contributed by atoms with Crippen LogP contribution in [-0.2, 0) is 0 Å². The first-order valence-corrected chi connectivity index (χ1v) is 8.88. The second kappa shape index (κ2) is 7.01. The average Bonchev–Trinajstić information content (AvgIpc) is 3.23. The van der Waals surface area contributed by atoms with Crippen molar-refractivity contribution >= 4 is 17.2 Å². The molecular formula is C19H21N3OS. The minimum absolute atomic E-state index is 0.00859. The summed E-state index contributed by atoms with van der Waals surface area (Å²) in [4.78, 5) is 15.7. The number of benzene rings is 1. The molecule has 24 heavy (non-hydrogen) atoms. The second-order valence-electron chi connectivity index (χ2n) is 6.23. The van der Waals surface area contributed by atoms with Gasteiger partial charge in [0.2, 0.25) is 0 Å². The van der Waals surface area contributed by atoms with E-state index >= 15 is 0 Å². The minimum Gasteiger partial charge on any atom is -0.341 e. The molecule has 1 amide bonds. The molecule has 3 rings (SSSR count). The van der Waals surface area contributed by atoms with Gasteiger partial charge in [0, 0.05) is 19.8 Å². The van der Waals surface area contributed by atoms with E-state index in [1.165, 1.54) is 0 Å². The van der Waals surface area contributed by atoms with Crippen LogP contribution in [0.5, 0.6) is 0 Å². The number of nitrogens with zero attached hydrogens (tertiary/aromatic N) is 3. The molecule has 0 atom stereocenters. The van der Waals surface area contributed by atoms with Gasteiger partial charge in [0.05, 0.1) is 16.1 Å². The van der Waals surface area contributed by atoms with E-state index in [2.05, 4.69) is 18.9 Å². The zero-order valence-corrected chi connectivity index (χ0v) is 15.0. The number of thiophene rings is 1. The topological polar surface area (TPSA) is 38.1 Å². The SMILES string of the molecule is CC(C)CN(C)C(=O)c1cn(-c2ccccc2)nc1-c1cccs1. The summed E-state index contributed by atoms with van der Waals surface area (Å²) in [5, 5.41) is 6.69. The monoisotopic (exact) mass is 339 g/mol. The highest BCUT2D eigenvalue weighted by molar-refractivity contribution is 7.13. The van der Waals surface area contributed by atoms with E-state index < -0.39 is 0 Å². The summed E-state index contributed by atoms with van der Waals surface area (Å²) in [7, 11) is 1.85. The van der Waals surface area contributed by atoms with Crippen molar-refractivity contribution in [1.82, 2.24) is 14.7 Å². The summed E-state index contributed by atoms with van der Waals surface area (Å²) >= 11 is 1.60. The van der Waals surface area contributed by atoms with Crippen LogP contribution < -0.4 is 0 Å². The van der Waals surface area contributed by atoms with Gasteiger partial charge in [-0.15, -0.1) is 11.3 Å². The third-order valence-corrected chi connectivity index (χ3v) is 4.58. The van der Waals surface area contributed by atoms with Crippen molar-refractivity contribution in [2.75, 3.05) is 13.6 Å². The fraction of sp³-hybridized carbons (Fsp3) is 0.263. The summed E-state index contributed by atoms with van der Waals surface area (Å²) in [5.41, 5.74) is 2.33.